The van der Waals surface area contributed by atoms with Gasteiger partial charge in [-0.1, -0.05) is 22.9 Å². The topological polar surface area (TPSA) is 23.8 Å². The molecule has 0 aromatic carbocycles. The minimum atomic E-state index is 0.962. The molecule has 0 aliphatic rings. The SMILES string of the molecule is CCCN(CCCN(C)C)Cc1cnc2cc(Br)ccn12. The number of fused-ring (bicyclic) bond motifs is 1. The van der Waals surface area contributed by atoms with Gasteiger partial charge in [-0.2, -0.15) is 0 Å². The van der Waals surface area contributed by atoms with Crippen LogP contribution in [-0.4, -0.2) is 52.9 Å². The van der Waals surface area contributed by atoms with Crippen molar-refractivity contribution in [2.45, 2.75) is 26.3 Å². The molecular formula is C16H25BrN4. The van der Waals surface area contributed by atoms with Crippen molar-refractivity contribution in [3.63, 3.8) is 0 Å². The molecule has 0 saturated heterocycles. The van der Waals surface area contributed by atoms with Crippen molar-refractivity contribution in [1.29, 1.82) is 0 Å². The minimum Gasteiger partial charge on any atom is -0.309 e. The Labute approximate surface area is 135 Å². The predicted octanol–water partition coefficient (Wildman–Crippen LogP) is 3.26. The summed E-state index contributed by atoms with van der Waals surface area (Å²) in [5.41, 5.74) is 2.26. The first-order valence-corrected chi connectivity index (χ1v) is 8.38. The molecule has 0 aliphatic carbocycles. The molecule has 0 radical (unpaired) electrons. The van der Waals surface area contributed by atoms with Gasteiger partial charge >= 0.3 is 0 Å². The van der Waals surface area contributed by atoms with E-state index >= 15 is 0 Å². The van der Waals surface area contributed by atoms with Crippen LogP contribution in [0.2, 0.25) is 0 Å². The molecule has 0 bridgehead atoms. The fraction of sp³-hybridized carbons (Fsp3) is 0.562. The second kappa shape index (κ2) is 7.92. The van der Waals surface area contributed by atoms with Gasteiger partial charge in [0.15, 0.2) is 0 Å². The molecule has 0 fully saturated rings. The molecule has 0 aliphatic heterocycles. The zero-order valence-electron chi connectivity index (χ0n) is 13.2. The molecule has 2 rings (SSSR count). The summed E-state index contributed by atoms with van der Waals surface area (Å²) in [6.07, 6.45) is 6.47. The van der Waals surface area contributed by atoms with E-state index in [0.717, 1.165) is 36.3 Å². The first-order valence-electron chi connectivity index (χ1n) is 7.58. The quantitative estimate of drug-likeness (QED) is 0.728. The average Bonchev–Trinajstić information content (AvgIpc) is 2.81. The lowest BCUT2D eigenvalue weighted by atomic mass is 10.3. The van der Waals surface area contributed by atoms with Crippen LogP contribution >= 0.6 is 15.9 Å². The fourth-order valence-electron chi connectivity index (χ4n) is 2.55. The van der Waals surface area contributed by atoms with Crippen molar-refractivity contribution in [3.8, 4) is 0 Å². The third-order valence-electron chi connectivity index (χ3n) is 3.56. The zero-order chi connectivity index (χ0) is 15.2. The van der Waals surface area contributed by atoms with Gasteiger partial charge in [0.2, 0.25) is 0 Å². The van der Waals surface area contributed by atoms with Gasteiger partial charge in [0.25, 0.3) is 0 Å². The van der Waals surface area contributed by atoms with E-state index in [2.05, 4.69) is 74.5 Å². The summed E-state index contributed by atoms with van der Waals surface area (Å²) in [5.74, 6) is 0. The monoisotopic (exact) mass is 352 g/mol. The molecule has 0 unspecified atom stereocenters. The van der Waals surface area contributed by atoms with E-state index in [1.165, 1.54) is 18.5 Å². The first-order chi connectivity index (χ1) is 10.1. The van der Waals surface area contributed by atoms with Crippen LogP contribution in [0.3, 0.4) is 0 Å². The number of imidazole rings is 1. The summed E-state index contributed by atoms with van der Waals surface area (Å²) in [6, 6.07) is 4.12. The van der Waals surface area contributed by atoms with Gasteiger partial charge in [0.05, 0.1) is 11.9 Å². The Balaban J connectivity index is 2.04. The Kier molecular flexibility index (Phi) is 6.21. The molecule has 2 aromatic heterocycles. The lowest BCUT2D eigenvalue weighted by Gasteiger charge is -2.22. The molecule has 0 atom stereocenters. The van der Waals surface area contributed by atoms with Crippen molar-refractivity contribution in [2.75, 3.05) is 33.7 Å². The summed E-state index contributed by atoms with van der Waals surface area (Å²) >= 11 is 3.50. The molecule has 0 spiro atoms. The highest BCUT2D eigenvalue weighted by atomic mass is 79.9. The van der Waals surface area contributed by atoms with Crippen LogP contribution in [0.5, 0.6) is 0 Å². The molecule has 0 saturated carbocycles. The van der Waals surface area contributed by atoms with Gasteiger partial charge in [0, 0.05) is 17.2 Å². The number of hydrogen-bond acceptors (Lipinski definition) is 3. The van der Waals surface area contributed by atoms with E-state index in [4.69, 9.17) is 0 Å². The van der Waals surface area contributed by atoms with E-state index in [1.807, 2.05) is 6.20 Å². The minimum absolute atomic E-state index is 0.962. The van der Waals surface area contributed by atoms with Crippen LogP contribution in [0.25, 0.3) is 5.65 Å². The third-order valence-corrected chi connectivity index (χ3v) is 4.05. The molecule has 5 heteroatoms. The van der Waals surface area contributed by atoms with Gasteiger partial charge in [-0.05, 0) is 58.7 Å². The highest BCUT2D eigenvalue weighted by molar-refractivity contribution is 9.10. The second-order valence-corrected chi connectivity index (χ2v) is 6.67. The molecule has 4 nitrogen and oxygen atoms in total. The second-order valence-electron chi connectivity index (χ2n) is 5.76. The largest absolute Gasteiger partial charge is 0.309 e. The van der Waals surface area contributed by atoms with Crippen LogP contribution in [0, 0.1) is 0 Å². The lowest BCUT2D eigenvalue weighted by molar-refractivity contribution is 0.245. The van der Waals surface area contributed by atoms with Gasteiger partial charge in [0.1, 0.15) is 5.65 Å². The molecule has 116 valence electrons. The van der Waals surface area contributed by atoms with Crippen molar-refractivity contribution in [3.05, 3.63) is 34.7 Å². The Morgan fingerprint density at radius 3 is 2.76 bits per heavy atom. The van der Waals surface area contributed by atoms with Crippen LogP contribution in [0.15, 0.2) is 29.0 Å². The average molecular weight is 353 g/mol. The fourth-order valence-corrected chi connectivity index (χ4v) is 2.87. The Morgan fingerprint density at radius 1 is 1.24 bits per heavy atom. The number of pyridine rings is 1. The zero-order valence-corrected chi connectivity index (χ0v) is 14.8. The lowest BCUT2D eigenvalue weighted by Crippen LogP contribution is -2.28. The highest BCUT2D eigenvalue weighted by Crippen LogP contribution is 2.15. The Morgan fingerprint density at radius 2 is 2.05 bits per heavy atom. The van der Waals surface area contributed by atoms with Crippen LogP contribution in [0.1, 0.15) is 25.5 Å². The first kappa shape index (κ1) is 16.5. The van der Waals surface area contributed by atoms with Crippen LogP contribution in [0.4, 0.5) is 0 Å². The van der Waals surface area contributed by atoms with Crippen molar-refractivity contribution < 1.29 is 0 Å². The standard InChI is InChI=1S/C16H25BrN4/c1-4-7-20(9-5-8-19(2)3)13-15-12-18-16-11-14(17)6-10-21(15)16/h6,10-12H,4-5,7-9,13H2,1-3H3. The maximum atomic E-state index is 4.50. The molecular weight excluding hydrogens is 328 g/mol. The normalized spacial score (nSPS) is 11.9. The predicted molar refractivity (Wildman–Crippen MR) is 91.6 cm³/mol. The third kappa shape index (κ3) is 4.80. The summed E-state index contributed by atoms with van der Waals surface area (Å²) in [4.78, 5) is 9.27. The number of hydrogen-bond donors (Lipinski definition) is 0. The molecule has 0 N–H and O–H groups in total. The summed E-state index contributed by atoms with van der Waals surface area (Å²) < 4.78 is 3.25. The Bertz CT molecular complexity index is 564. The maximum absolute atomic E-state index is 4.50. The number of nitrogens with zero attached hydrogens (tertiary/aromatic N) is 4. The smallest absolute Gasteiger partial charge is 0.138 e. The molecule has 2 heterocycles. The number of halogens is 1. The van der Waals surface area contributed by atoms with Crippen LogP contribution < -0.4 is 0 Å². The molecule has 21 heavy (non-hydrogen) atoms. The van der Waals surface area contributed by atoms with Gasteiger partial charge in [-0.25, -0.2) is 4.98 Å². The van der Waals surface area contributed by atoms with Crippen molar-refractivity contribution >= 4 is 21.6 Å². The summed E-state index contributed by atoms with van der Waals surface area (Å²) in [7, 11) is 4.26. The Hall–Kier alpha value is -0.910. The number of rotatable bonds is 8. The molecule has 0 amide bonds. The highest BCUT2D eigenvalue weighted by Gasteiger charge is 2.09. The van der Waals surface area contributed by atoms with Crippen molar-refractivity contribution in [1.82, 2.24) is 19.2 Å². The summed E-state index contributed by atoms with van der Waals surface area (Å²) in [5, 5.41) is 0. The van der Waals surface area contributed by atoms with E-state index in [-0.39, 0.29) is 0 Å². The van der Waals surface area contributed by atoms with Gasteiger partial charge in [-0.15, -0.1) is 0 Å². The summed E-state index contributed by atoms with van der Waals surface area (Å²) in [6.45, 7) is 6.61. The van der Waals surface area contributed by atoms with Gasteiger partial charge < -0.3 is 9.30 Å². The van der Waals surface area contributed by atoms with Gasteiger partial charge in [-0.3, -0.25) is 4.90 Å². The van der Waals surface area contributed by atoms with E-state index < -0.39 is 0 Å². The number of aromatic nitrogens is 2. The van der Waals surface area contributed by atoms with E-state index in [1.54, 1.807) is 0 Å². The molecule has 2 aromatic rings. The van der Waals surface area contributed by atoms with Crippen LogP contribution in [-0.2, 0) is 6.54 Å². The van der Waals surface area contributed by atoms with Crippen molar-refractivity contribution in [2.24, 2.45) is 0 Å². The maximum Gasteiger partial charge on any atom is 0.138 e. The van der Waals surface area contributed by atoms with E-state index in [0.29, 0.717) is 0 Å². The van der Waals surface area contributed by atoms with E-state index in [9.17, 15) is 0 Å².